The fourth-order valence-corrected chi connectivity index (χ4v) is 1.91. The number of hydrogen-bond acceptors (Lipinski definition) is 2. The molecule has 96 valence electrons. The van der Waals surface area contributed by atoms with Crippen molar-refractivity contribution in [3.8, 4) is 17.3 Å². The fraction of sp³-hybridized carbons (Fsp3) is 0.0769. The number of alkyl halides is 3. The summed E-state index contributed by atoms with van der Waals surface area (Å²) in [6.07, 6.45) is -4.44. The molecule has 2 aromatic rings. The van der Waals surface area contributed by atoms with E-state index in [1.165, 1.54) is 30.3 Å². The molecule has 1 heterocycles. The number of nitrogens with zero attached hydrogens (tertiary/aromatic N) is 1. The van der Waals surface area contributed by atoms with Crippen LogP contribution in [0, 0.1) is 16.0 Å². The van der Waals surface area contributed by atoms with Crippen molar-refractivity contribution in [2.24, 2.45) is 0 Å². The van der Waals surface area contributed by atoms with E-state index in [1.807, 2.05) is 6.07 Å². The molecule has 0 aliphatic rings. The molecule has 0 fully saturated rings. The van der Waals surface area contributed by atoms with Crippen LogP contribution in [0.3, 0.4) is 0 Å². The third-order valence-corrected chi connectivity index (χ3v) is 2.87. The van der Waals surface area contributed by atoms with Gasteiger partial charge in [-0.3, -0.25) is 0 Å². The second-order valence-corrected chi connectivity index (χ2v) is 4.18. The van der Waals surface area contributed by atoms with Gasteiger partial charge in [0.2, 0.25) is 0 Å². The maximum Gasteiger partial charge on any atom is 0.417 e. The first-order chi connectivity index (χ1) is 8.93. The number of nitriles is 1. The van der Waals surface area contributed by atoms with E-state index in [9.17, 15) is 13.2 Å². The molecule has 0 saturated heterocycles. The number of rotatable bonds is 1. The Morgan fingerprint density at radius 2 is 1.79 bits per heavy atom. The minimum atomic E-state index is -4.44. The van der Waals surface area contributed by atoms with Gasteiger partial charge in [-0.15, -0.1) is 0 Å². The lowest BCUT2D eigenvalue weighted by molar-refractivity contribution is -0.137. The average Bonchev–Trinajstić information content (AvgIpc) is 2.37. The van der Waals surface area contributed by atoms with Gasteiger partial charge in [0.15, 0.2) is 0 Å². The smallest absolute Gasteiger partial charge is 0.345 e. The van der Waals surface area contributed by atoms with Gasteiger partial charge in [0.05, 0.1) is 11.1 Å². The summed E-state index contributed by atoms with van der Waals surface area (Å²) in [6.45, 7) is 0. The zero-order valence-electron chi connectivity index (χ0n) is 9.45. The number of nitrogens with one attached hydrogen (secondary N) is 1. The molecule has 0 radical (unpaired) electrons. The minimum absolute atomic E-state index is 0.00518. The fourth-order valence-electron chi connectivity index (χ4n) is 1.68. The Labute approximate surface area is 112 Å². The molecule has 1 aromatic carbocycles. The summed E-state index contributed by atoms with van der Waals surface area (Å²) in [5.41, 5.74) is -0.281. The van der Waals surface area contributed by atoms with Crippen molar-refractivity contribution in [1.82, 2.24) is 4.98 Å². The van der Waals surface area contributed by atoms with Crippen molar-refractivity contribution < 1.29 is 13.2 Å². The lowest BCUT2D eigenvalue weighted by Crippen LogP contribution is -2.07. The number of H-pyrrole nitrogens is 1. The summed E-state index contributed by atoms with van der Waals surface area (Å²) < 4.78 is 38.8. The molecular formula is C13H7F3N2S. The maximum absolute atomic E-state index is 12.9. The number of benzene rings is 1. The van der Waals surface area contributed by atoms with E-state index in [1.54, 1.807) is 0 Å². The van der Waals surface area contributed by atoms with Crippen LogP contribution in [-0.2, 0) is 6.18 Å². The lowest BCUT2D eigenvalue weighted by Gasteiger charge is -2.12. The van der Waals surface area contributed by atoms with Gasteiger partial charge in [-0.05, 0) is 18.2 Å². The highest BCUT2D eigenvalue weighted by atomic mass is 32.1. The predicted molar refractivity (Wildman–Crippen MR) is 66.8 cm³/mol. The highest BCUT2D eigenvalue weighted by molar-refractivity contribution is 7.71. The van der Waals surface area contributed by atoms with Crippen LogP contribution < -0.4 is 0 Å². The Balaban J connectivity index is 2.64. The molecule has 6 heteroatoms. The van der Waals surface area contributed by atoms with E-state index >= 15 is 0 Å². The molecule has 2 nitrogen and oxygen atoms in total. The SMILES string of the molecule is N#Cc1ccc(-c2ccccc2C(F)(F)F)[nH]c1=S. The zero-order chi connectivity index (χ0) is 14.0. The first-order valence-corrected chi connectivity index (χ1v) is 5.64. The van der Waals surface area contributed by atoms with Gasteiger partial charge in [-0.25, -0.2) is 0 Å². The second kappa shape index (κ2) is 4.86. The molecule has 0 amide bonds. The van der Waals surface area contributed by atoms with Crippen molar-refractivity contribution in [2.45, 2.75) is 6.18 Å². The van der Waals surface area contributed by atoms with Crippen molar-refractivity contribution in [3.05, 3.63) is 52.2 Å². The van der Waals surface area contributed by atoms with Gasteiger partial charge >= 0.3 is 6.18 Å². The summed E-state index contributed by atoms with van der Waals surface area (Å²) in [5.74, 6) is 0. The van der Waals surface area contributed by atoms with Gasteiger partial charge in [-0.2, -0.15) is 18.4 Å². The van der Waals surface area contributed by atoms with E-state index in [-0.39, 0.29) is 21.5 Å². The number of hydrogen-bond donors (Lipinski definition) is 1. The van der Waals surface area contributed by atoms with Crippen molar-refractivity contribution in [1.29, 1.82) is 5.26 Å². The molecule has 2 rings (SSSR count). The number of halogens is 3. The molecule has 0 spiro atoms. The normalized spacial score (nSPS) is 11.1. The molecular weight excluding hydrogens is 273 g/mol. The first-order valence-electron chi connectivity index (χ1n) is 5.23. The molecule has 0 unspecified atom stereocenters. The quantitative estimate of drug-likeness (QED) is 0.791. The van der Waals surface area contributed by atoms with Gasteiger partial charge < -0.3 is 4.98 Å². The topological polar surface area (TPSA) is 39.6 Å². The largest absolute Gasteiger partial charge is 0.417 e. The van der Waals surface area contributed by atoms with E-state index in [2.05, 4.69) is 4.98 Å². The molecule has 0 atom stereocenters. The molecule has 0 bridgehead atoms. The Bertz CT molecular complexity index is 711. The number of pyridine rings is 1. The van der Waals surface area contributed by atoms with Gasteiger partial charge in [0.25, 0.3) is 0 Å². The number of aromatic nitrogens is 1. The third kappa shape index (κ3) is 2.66. The predicted octanol–water partition coefficient (Wildman–Crippen LogP) is 4.30. The van der Waals surface area contributed by atoms with Gasteiger partial charge in [0.1, 0.15) is 10.7 Å². The van der Waals surface area contributed by atoms with Crippen LogP contribution in [0.5, 0.6) is 0 Å². The second-order valence-electron chi connectivity index (χ2n) is 3.77. The summed E-state index contributed by atoms with van der Waals surface area (Å²) in [5, 5.41) is 8.75. The van der Waals surface area contributed by atoms with E-state index in [0.717, 1.165) is 6.07 Å². The van der Waals surface area contributed by atoms with Crippen LogP contribution >= 0.6 is 12.2 Å². The molecule has 1 aromatic heterocycles. The molecule has 0 saturated carbocycles. The Morgan fingerprint density at radius 3 is 2.37 bits per heavy atom. The van der Waals surface area contributed by atoms with Crippen LogP contribution in [0.1, 0.15) is 11.1 Å². The average molecular weight is 280 g/mol. The monoisotopic (exact) mass is 280 g/mol. The first kappa shape index (κ1) is 13.3. The number of aromatic amines is 1. The lowest BCUT2D eigenvalue weighted by atomic mass is 10.0. The van der Waals surface area contributed by atoms with Crippen molar-refractivity contribution in [3.63, 3.8) is 0 Å². The highest BCUT2D eigenvalue weighted by Gasteiger charge is 2.33. The van der Waals surface area contributed by atoms with Gasteiger partial charge in [-0.1, -0.05) is 30.4 Å². The van der Waals surface area contributed by atoms with E-state index < -0.39 is 11.7 Å². The molecule has 19 heavy (non-hydrogen) atoms. The summed E-state index contributed by atoms with van der Waals surface area (Å²) in [4.78, 5) is 2.65. The van der Waals surface area contributed by atoms with Crippen LogP contribution in [0.2, 0.25) is 0 Å². The standard InChI is InChI=1S/C13H7F3N2S/c14-13(15,16)10-4-2-1-3-9(10)11-6-5-8(7-17)12(19)18-11/h1-6H,(H,18,19). The van der Waals surface area contributed by atoms with Crippen LogP contribution in [-0.4, -0.2) is 4.98 Å². The zero-order valence-corrected chi connectivity index (χ0v) is 10.3. The van der Waals surface area contributed by atoms with Crippen LogP contribution in [0.25, 0.3) is 11.3 Å². The Hall–Kier alpha value is -2.13. The van der Waals surface area contributed by atoms with Crippen LogP contribution in [0.4, 0.5) is 13.2 Å². The van der Waals surface area contributed by atoms with Gasteiger partial charge in [0, 0.05) is 11.3 Å². The third-order valence-electron chi connectivity index (χ3n) is 2.55. The van der Waals surface area contributed by atoms with Crippen LogP contribution in [0.15, 0.2) is 36.4 Å². The molecule has 0 aliphatic carbocycles. The Morgan fingerprint density at radius 1 is 1.11 bits per heavy atom. The summed E-state index contributed by atoms with van der Waals surface area (Å²) in [7, 11) is 0. The molecule has 1 N–H and O–H groups in total. The minimum Gasteiger partial charge on any atom is -0.345 e. The maximum atomic E-state index is 12.9. The Kier molecular flexibility index (Phi) is 3.40. The van der Waals surface area contributed by atoms with E-state index in [4.69, 9.17) is 17.5 Å². The van der Waals surface area contributed by atoms with Crippen molar-refractivity contribution in [2.75, 3.05) is 0 Å². The molecule has 0 aliphatic heterocycles. The highest BCUT2D eigenvalue weighted by Crippen LogP contribution is 2.36. The summed E-state index contributed by atoms with van der Waals surface area (Å²) in [6, 6.07) is 9.88. The van der Waals surface area contributed by atoms with E-state index in [0.29, 0.717) is 0 Å². The summed E-state index contributed by atoms with van der Waals surface area (Å²) >= 11 is 4.92. The van der Waals surface area contributed by atoms with Crippen molar-refractivity contribution >= 4 is 12.2 Å².